The molecule has 0 unspecified atom stereocenters. The number of thioether (sulfide) groups is 1. The molecule has 0 saturated carbocycles. The third-order valence-corrected chi connectivity index (χ3v) is 7.18. The maximum atomic E-state index is 12.4. The van der Waals surface area contributed by atoms with Crippen LogP contribution >= 0.6 is 27.7 Å². The Bertz CT molecular complexity index is 1070. The van der Waals surface area contributed by atoms with Crippen molar-refractivity contribution < 1.29 is 4.79 Å². The van der Waals surface area contributed by atoms with Crippen molar-refractivity contribution in [1.29, 1.82) is 0 Å². The van der Waals surface area contributed by atoms with Crippen LogP contribution in [0.3, 0.4) is 0 Å². The highest BCUT2D eigenvalue weighted by Gasteiger charge is 2.18. The number of carbonyl (C=O) groups is 1. The molecule has 156 valence electrons. The first-order chi connectivity index (χ1) is 14.3. The van der Waals surface area contributed by atoms with Crippen LogP contribution in [0.25, 0.3) is 5.69 Å². The van der Waals surface area contributed by atoms with E-state index in [1.54, 1.807) is 6.21 Å². The van der Waals surface area contributed by atoms with E-state index in [2.05, 4.69) is 76.9 Å². The molecular weight excluding hydrogens is 458 g/mol. The summed E-state index contributed by atoms with van der Waals surface area (Å²) in [5, 5.41) is 4.00. The minimum atomic E-state index is -0.241. The summed E-state index contributed by atoms with van der Waals surface area (Å²) in [5.41, 5.74) is 9.42. The minimum Gasteiger partial charge on any atom is -0.316 e. The number of nitrogens with one attached hydrogen (secondary N) is 1. The Morgan fingerprint density at radius 2 is 1.67 bits per heavy atom. The van der Waals surface area contributed by atoms with E-state index < -0.39 is 0 Å². The van der Waals surface area contributed by atoms with Gasteiger partial charge in [-0.3, -0.25) is 4.79 Å². The fraction of sp³-hybridized carbons (Fsp3) is 0.250. The number of halogens is 1. The summed E-state index contributed by atoms with van der Waals surface area (Å²) in [7, 11) is 0. The standard InChI is InChI=1S/C24H26BrN3OS/c1-15-10-9-11-16(2)23(15)28-17(3)21(22(25)18(28)4)14-26-27-24(29)19(5)30-20-12-7-6-8-13-20/h6-14,19H,1-5H3,(H,27,29)/b26-14-/t19-/m0/s1. The van der Waals surface area contributed by atoms with Crippen LogP contribution in [0.5, 0.6) is 0 Å². The highest BCUT2D eigenvalue weighted by Crippen LogP contribution is 2.32. The molecule has 0 aliphatic rings. The van der Waals surface area contributed by atoms with Crippen LogP contribution in [-0.2, 0) is 4.79 Å². The van der Waals surface area contributed by atoms with Crippen molar-refractivity contribution in [2.24, 2.45) is 5.10 Å². The molecular formula is C24H26BrN3OS. The number of benzene rings is 2. The zero-order chi connectivity index (χ0) is 21.8. The van der Waals surface area contributed by atoms with Gasteiger partial charge in [0.15, 0.2) is 0 Å². The predicted octanol–water partition coefficient (Wildman–Crippen LogP) is 6.10. The van der Waals surface area contributed by atoms with Gasteiger partial charge < -0.3 is 4.57 Å². The third-order valence-electron chi connectivity index (χ3n) is 5.07. The molecule has 0 spiro atoms. The van der Waals surface area contributed by atoms with Crippen molar-refractivity contribution in [3.8, 4) is 5.69 Å². The zero-order valence-corrected chi connectivity index (χ0v) is 20.3. The molecule has 6 heteroatoms. The predicted molar refractivity (Wildman–Crippen MR) is 130 cm³/mol. The number of aryl methyl sites for hydroxylation is 2. The van der Waals surface area contributed by atoms with Gasteiger partial charge in [0.25, 0.3) is 5.91 Å². The number of nitrogens with zero attached hydrogens (tertiary/aromatic N) is 2. The van der Waals surface area contributed by atoms with Gasteiger partial charge in [-0.25, -0.2) is 5.43 Å². The molecule has 1 atom stereocenters. The molecule has 1 amide bonds. The smallest absolute Gasteiger partial charge is 0.253 e. The molecule has 30 heavy (non-hydrogen) atoms. The number of hydrazone groups is 1. The SMILES string of the molecule is Cc1cccc(C)c1-n1c(C)c(Br)c(/C=N\NC(=O)[C@H](C)Sc2ccccc2)c1C. The molecule has 2 aromatic carbocycles. The molecule has 1 heterocycles. The monoisotopic (exact) mass is 483 g/mol. The lowest BCUT2D eigenvalue weighted by Gasteiger charge is -2.15. The van der Waals surface area contributed by atoms with Gasteiger partial charge in [-0.2, -0.15) is 5.10 Å². The number of hydrogen-bond donors (Lipinski definition) is 1. The van der Waals surface area contributed by atoms with E-state index in [1.807, 2.05) is 37.3 Å². The second-order valence-electron chi connectivity index (χ2n) is 7.28. The molecule has 1 aromatic heterocycles. The molecule has 0 aliphatic heterocycles. The van der Waals surface area contributed by atoms with Crippen molar-refractivity contribution in [2.45, 2.75) is 44.8 Å². The minimum absolute atomic E-state index is 0.125. The summed E-state index contributed by atoms with van der Waals surface area (Å²) in [4.78, 5) is 13.5. The van der Waals surface area contributed by atoms with Gasteiger partial charge in [0.2, 0.25) is 0 Å². The Morgan fingerprint density at radius 1 is 1.03 bits per heavy atom. The molecule has 4 nitrogen and oxygen atoms in total. The van der Waals surface area contributed by atoms with Crippen molar-refractivity contribution >= 4 is 39.8 Å². The van der Waals surface area contributed by atoms with Crippen LogP contribution < -0.4 is 5.43 Å². The summed E-state index contributed by atoms with van der Waals surface area (Å²) in [5.74, 6) is -0.125. The van der Waals surface area contributed by atoms with E-state index in [0.29, 0.717) is 0 Å². The normalized spacial score (nSPS) is 12.3. The summed E-state index contributed by atoms with van der Waals surface area (Å²) in [6, 6.07) is 16.2. The van der Waals surface area contributed by atoms with Crippen molar-refractivity contribution in [2.75, 3.05) is 0 Å². The topological polar surface area (TPSA) is 46.4 Å². The summed E-state index contributed by atoms with van der Waals surface area (Å²) in [6.45, 7) is 10.3. The lowest BCUT2D eigenvalue weighted by Crippen LogP contribution is -2.26. The third kappa shape index (κ3) is 4.71. The average molecular weight is 484 g/mol. The van der Waals surface area contributed by atoms with Gasteiger partial charge >= 0.3 is 0 Å². The number of carbonyl (C=O) groups excluding carboxylic acids is 1. The van der Waals surface area contributed by atoms with Crippen LogP contribution in [0.4, 0.5) is 0 Å². The Hall–Kier alpha value is -2.31. The fourth-order valence-corrected chi connectivity index (χ4v) is 4.92. The van der Waals surface area contributed by atoms with E-state index in [-0.39, 0.29) is 11.2 Å². The quantitative estimate of drug-likeness (QED) is 0.261. The zero-order valence-electron chi connectivity index (χ0n) is 17.9. The second kappa shape index (κ2) is 9.67. The summed E-state index contributed by atoms with van der Waals surface area (Å²) >= 11 is 5.22. The first-order valence-corrected chi connectivity index (χ1v) is 11.5. The van der Waals surface area contributed by atoms with Crippen LogP contribution in [0, 0.1) is 27.7 Å². The molecule has 0 aliphatic carbocycles. The molecule has 3 aromatic rings. The Kier molecular flexibility index (Phi) is 7.21. The fourth-order valence-electron chi connectivity index (χ4n) is 3.48. The summed E-state index contributed by atoms with van der Waals surface area (Å²) in [6.07, 6.45) is 1.72. The van der Waals surface area contributed by atoms with E-state index in [1.165, 1.54) is 28.6 Å². The Labute approximate surface area is 190 Å². The molecule has 0 fully saturated rings. The number of hydrogen-bond acceptors (Lipinski definition) is 3. The van der Waals surface area contributed by atoms with Crippen molar-refractivity contribution in [3.63, 3.8) is 0 Å². The van der Waals surface area contributed by atoms with Crippen LogP contribution in [0.1, 0.15) is 35.0 Å². The molecule has 0 bridgehead atoms. The van der Waals surface area contributed by atoms with Crippen LogP contribution in [0.2, 0.25) is 0 Å². The van der Waals surface area contributed by atoms with Gasteiger partial charge in [-0.05, 0) is 73.8 Å². The number of amides is 1. The lowest BCUT2D eigenvalue weighted by atomic mass is 10.1. The van der Waals surface area contributed by atoms with Crippen molar-refractivity contribution in [3.05, 3.63) is 81.1 Å². The Balaban J connectivity index is 1.79. The maximum Gasteiger partial charge on any atom is 0.253 e. The van der Waals surface area contributed by atoms with Gasteiger partial charge in [0.05, 0.1) is 17.2 Å². The van der Waals surface area contributed by atoms with E-state index in [9.17, 15) is 4.79 Å². The van der Waals surface area contributed by atoms with E-state index >= 15 is 0 Å². The number of rotatable bonds is 6. The molecule has 0 radical (unpaired) electrons. The highest BCUT2D eigenvalue weighted by molar-refractivity contribution is 9.10. The lowest BCUT2D eigenvalue weighted by molar-refractivity contribution is -0.120. The van der Waals surface area contributed by atoms with E-state index in [4.69, 9.17) is 0 Å². The van der Waals surface area contributed by atoms with Crippen LogP contribution in [-0.4, -0.2) is 21.9 Å². The van der Waals surface area contributed by atoms with Gasteiger partial charge in [-0.15, -0.1) is 11.8 Å². The molecule has 1 N–H and O–H groups in total. The molecule has 0 saturated heterocycles. The highest BCUT2D eigenvalue weighted by atomic mass is 79.9. The van der Waals surface area contributed by atoms with E-state index in [0.717, 1.165) is 26.3 Å². The summed E-state index contributed by atoms with van der Waals surface area (Å²) < 4.78 is 3.22. The van der Waals surface area contributed by atoms with Crippen LogP contribution in [0.15, 0.2) is 63.0 Å². The van der Waals surface area contributed by atoms with Gasteiger partial charge in [-0.1, -0.05) is 36.4 Å². The first-order valence-electron chi connectivity index (χ1n) is 9.79. The number of para-hydroxylation sites is 1. The molecule has 3 rings (SSSR count). The van der Waals surface area contributed by atoms with Gasteiger partial charge in [0.1, 0.15) is 0 Å². The Morgan fingerprint density at radius 3 is 2.30 bits per heavy atom. The average Bonchev–Trinajstić information content (AvgIpc) is 2.92. The second-order valence-corrected chi connectivity index (χ2v) is 9.49. The first kappa shape index (κ1) is 22.4. The largest absolute Gasteiger partial charge is 0.316 e. The van der Waals surface area contributed by atoms with Gasteiger partial charge in [0, 0.05) is 26.3 Å². The maximum absolute atomic E-state index is 12.4. The van der Waals surface area contributed by atoms with Crippen molar-refractivity contribution in [1.82, 2.24) is 9.99 Å². The number of aromatic nitrogens is 1.